The number of nitrogens with one attached hydrogen (secondary N) is 1. The van der Waals surface area contributed by atoms with Crippen LogP contribution in [0.1, 0.15) is 12.5 Å². The average molecular weight is 326 g/mol. The smallest absolute Gasteiger partial charge is 0.331 e. The van der Waals surface area contributed by atoms with Crippen molar-refractivity contribution in [3.63, 3.8) is 0 Å². The molecular weight excluding hydrogens is 310 g/mol. The normalized spacial score (nSPS) is 10.3. The zero-order chi connectivity index (χ0) is 16.4. The molecule has 0 aliphatic heterocycles. The van der Waals surface area contributed by atoms with Gasteiger partial charge >= 0.3 is 11.9 Å². The number of carbonyl (C=O) groups excluding carboxylic acids is 3. The maximum atomic E-state index is 11.5. The molecule has 1 rings (SSSR count). The molecule has 0 atom stereocenters. The molecule has 0 aliphatic rings. The Morgan fingerprint density at radius 2 is 1.86 bits per heavy atom. The van der Waals surface area contributed by atoms with E-state index in [0.29, 0.717) is 5.02 Å². The number of halogens is 1. The van der Waals surface area contributed by atoms with E-state index in [0.717, 1.165) is 17.7 Å². The third kappa shape index (κ3) is 7.44. The van der Waals surface area contributed by atoms with Crippen molar-refractivity contribution in [3.8, 4) is 0 Å². The van der Waals surface area contributed by atoms with Gasteiger partial charge in [-0.1, -0.05) is 23.7 Å². The number of ether oxygens (including phenoxy) is 2. The van der Waals surface area contributed by atoms with Crippen LogP contribution in [0.4, 0.5) is 0 Å². The monoisotopic (exact) mass is 325 g/mol. The van der Waals surface area contributed by atoms with E-state index < -0.39 is 24.5 Å². The Hall–Kier alpha value is -2.34. The molecule has 22 heavy (non-hydrogen) atoms. The Bertz CT molecular complexity index is 571. The summed E-state index contributed by atoms with van der Waals surface area (Å²) in [6, 6.07) is 7.02. The van der Waals surface area contributed by atoms with Crippen molar-refractivity contribution >= 4 is 29.4 Å². The van der Waals surface area contributed by atoms with Gasteiger partial charge in [0.15, 0.2) is 6.61 Å². The molecule has 7 heteroatoms. The van der Waals surface area contributed by atoms with E-state index in [1.165, 1.54) is 0 Å². The second-order valence-corrected chi connectivity index (χ2v) is 4.54. The van der Waals surface area contributed by atoms with E-state index in [9.17, 15) is 14.4 Å². The third-order valence-electron chi connectivity index (χ3n) is 2.37. The molecule has 118 valence electrons. The zero-order valence-corrected chi connectivity index (χ0v) is 12.8. The highest BCUT2D eigenvalue weighted by atomic mass is 35.5. The largest absolute Gasteiger partial charge is 0.463 e. The Morgan fingerprint density at radius 1 is 1.18 bits per heavy atom. The van der Waals surface area contributed by atoms with Crippen molar-refractivity contribution in [2.75, 3.05) is 13.2 Å². The first-order valence-corrected chi connectivity index (χ1v) is 6.91. The third-order valence-corrected chi connectivity index (χ3v) is 2.60. The number of carbonyl (C=O) groups is 3. The lowest BCUT2D eigenvalue weighted by atomic mass is 10.2. The predicted molar refractivity (Wildman–Crippen MR) is 80.0 cm³/mol. The molecular formula is C15H16ClNO5. The summed E-state index contributed by atoms with van der Waals surface area (Å²) in [7, 11) is 0. The van der Waals surface area contributed by atoms with Crippen molar-refractivity contribution in [2.24, 2.45) is 0 Å². The molecule has 0 aliphatic carbocycles. The number of hydrogen-bond acceptors (Lipinski definition) is 5. The highest BCUT2D eigenvalue weighted by molar-refractivity contribution is 6.30. The molecule has 0 saturated carbocycles. The first-order chi connectivity index (χ1) is 10.5. The molecule has 1 amide bonds. The summed E-state index contributed by atoms with van der Waals surface area (Å²) < 4.78 is 9.26. The van der Waals surface area contributed by atoms with E-state index in [1.807, 2.05) is 0 Å². The summed E-state index contributed by atoms with van der Waals surface area (Å²) in [5.74, 6) is -1.91. The Morgan fingerprint density at radius 3 is 2.50 bits per heavy atom. The molecule has 1 N–H and O–H groups in total. The lowest BCUT2D eigenvalue weighted by molar-refractivity contribution is -0.144. The van der Waals surface area contributed by atoms with Crippen LogP contribution >= 0.6 is 11.6 Å². The van der Waals surface area contributed by atoms with Crippen molar-refractivity contribution in [1.29, 1.82) is 0 Å². The van der Waals surface area contributed by atoms with Gasteiger partial charge in [-0.25, -0.2) is 9.59 Å². The number of amides is 1. The maximum Gasteiger partial charge on any atom is 0.331 e. The van der Waals surface area contributed by atoms with Crippen LogP contribution in [0, 0.1) is 0 Å². The van der Waals surface area contributed by atoms with Crippen LogP contribution in [0.15, 0.2) is 36.4 Å². The summed E-state index contributed by atoms with van der Waals surface area (Å²) in [5, 5.41) is 3.15. The Kier molecular flexibility index (Phi) is 7.70. The molecule has 1 aromatic rings. The van der Waals surface area contributed by atoms with Gasteiger partial charge in [0.2, 0.25) is 0 Å². The van der Waals surface area contributed by atoms with E-state index in [-0.39, 0.29) is 13.2 Å². The van der Waals surface area contributed by atoms with E-state index in [1.54, 1.807) is 31.2 Å². The van der Waals surface area contributed by atoms with E-state index >= 15 is 0 Å². The van der Waals surface area contributed by atoms with Crippen molar-refractivity contribution in [1.82, 2.24) is 5.32 Å². The number of esters is 2. The van der Waals surface area contributed by atoms with Gasteiger partial charge in [0, 0.05) is 23.7 Å². The molecule has 1 aromatic carbocycles. The first kappa shape index (κ1) is 17.7. The fraction of sp³-hybridized carbons (Fsp3) is 0.267. The van der Waals surface area contributed by atoms with E-state index in [2.05, 4.69) is 14.8 Å². The van der Waals surface area contributed by atoms with Gasteiger partial charge < -0.3 is 14.8 Å². The highest BCUT2D eigenvalue weighted by Gasteiger charge is 2.06. The Labute approximate surface area is 133 Å². The van der Waals surface area contributed by atoms with Crippen LogP contribution in [0.25, 0.3) is 0 Å². The van der Waals surface area contributed by atoms with Crippen molar-refractivity contribution in [3.05, 3.63) is 47.0 Å². The van der Waals surface area contributed by atoms with Gasteiger partial charge in [0.05, 0.1) is 6.61 Å². The zero-order valence-electron chi connectivity index (χ0n) is 12.0. The van der Waals surface area contributed by atoms with Gasteiger partial charge in [-0.15, -0.1) is 0 Å². The SMILES string of the molecule is CCOC(=O)/C=C/C(=O)OCC(=O)NCc1cccc(Cl)c1. The molecule has 0 spiro atoms. The standard InChI is InChI=1S/C15H16ClNO5/c1-2-21-14(19)6-7-15(20)22-10-13(18)17-9-11-4-3-5-12(16)8-11/h3-8H,2,9-10H2,1H3,(H,17,18)/b7-6+. The highest BCUT2D eigenvalue weighted by Crippen LogP contribution is 2.10. The quantitative estimate of drug-likeness (QED) is 0.608. The van der Waals surface area contributed by atoms with Gasteiger partial charge in [0.1, 0.15) is 0 Å². The lowest BCUT2D eigenvalue weighted by Crippen LogP contribution is -2.28. The second-order valence-electron chi connectivity index (χ2n) is 4.10. The van der Waals surface area contributed by atoms with Gasteiger partial charge in [-0.3, -0.25) is 4.79 Å². The molecule has 0 aromatic heterocycles. The fourth-order valence-electron chi connectivity index (χ4n) is 1.41. The first-order valence-electron chi connectivity index (χ1n) is 6.54. The van der Waals surface area contributed by atoms with Crippen LogP contribution in [-0.4, -0.2) is 31.1 Å². The molecule has 0 saturated heterocycles. The summed E-state index contributed by atoms with van der Waals surface area (Å²) in [5.41, 5.74) is 0.828. The molecule has 0 heterocycles. The average Bonchev–Trinajstić information content (AvgIpc) is 2.49. The Balaban J connectivity index is 2.28. The van der Waals surface area contributed by atoms with Gasteiger partial charge in [-0.05, 0) is 24.6 Å². The van der Waals surface area contributed by atoms with Crippen LogP contribution in [0.2, 0.25) is 5.02 Å². The molecule has 0 radical (unpaired) electrons. The summed E-state index contributed by atoms with van der Waals surface area (Å²) >= 11 is 5.82. The van der Waals surface area contributed by atoms with Crippen LogP contribution < -0.4 is 5.32 Å². The number of benzene rings is 1. The summed E-state index contributed by atoms with van der Waals surface area (Å²) in [6.45, 7) is 1.70. The number of rotatable bonds is 7. The molecule has 6 nitrogen and oxygen atoms in total. The van der Waals surface area contributed by atoms with Crippen molar-refractivity contribution in [2.45, 2.75) is 13.5 Å². The van der Waals surface area contributed by atoms with Crippen LogP contribution in [-0.2, 0) is 30.4 Å². The van der Waals surface area contributed by atoms with Crippen molar-refractivity contribution < 1.29 is 23.9 Å². The molecule has 0 bridgehead atoms. The summed E-state index contributed by atoms with van der Waals surface area (Å²) in [6.07, 6.45) is 1.85. The van der Waals surface area contributed by atoms with Crippen LogP contribution in [0.5, 0.6) is 0 Å². The molecule has 0 unspecified atom stereocenters. The minimum atomic E-state index is -0.800. The van der Waals surface area contributed by atoms with Gasteiger partial charge in [-0.2, -0.15) is 0 Å². The fourth-order valence-corrected chi connectivity index (χ4v) is 1.62. The maximum absolute atomic E-state index is 11.5. The van der Waals surface area contributed by atoms with Gasteiger partial charge in [0.25, 0.3) is 5.91 Å². The second kappa shape index (κ2) is 9.57. The predicted octanol–water partition coefficient (Wildman–Crippen LogP) is 1.62. The van der Waals surface area contributed by atoms with E-state index in [4.69, 9.17) is 11.6 Å². The minimum Gasteiger partial charge on any atom is -0.463 e. The molecule has 0 fully saturated rings. The van der Waals surface area contributed by atoms with Crippen LogP contribution in [0.3, 0.4) is 0 Å². The minimum absolute atomic E-state index is 0.212. The lowest BCUT2D eigenvalue weighted by Gasteiger charge is -2.05. The summed E-state index contributed by atoms with van der Waals surface area (Å²) in [4.78, 5) is 33.7. The topological polar surface area (TPSA) is 81.7 Å². The number of hydrogen-bond donors (Lipinski definition) is 1.